The van der Waals surface area contributed by atoms with Gasteiger partial charge in [0.15, 0.2) is 0 Å². The van der Waals surface area contributed by atoms with E-state index in [4.69, 9.17) is 0 Å². The van der Waals surface area contributed by atoms with Crippen LogP contribution < -0.4 is 0 Å². The zero-order valence-electron chi connectivity index (χ0n) is 6.39. The molecule has 0 aliphatic carbocycles. The minimum Gasteiger partial charge on any atom is -0.302 e. The third kappa shape index (κ3) is 1.50. The Labute approximate surface area is 73.3 Å². The Balaban J connectivity index is 3.10. The summed E-state index contributed by atoms with van der Waals surface area (Å²) in [7, 11) is 0. The van der Waals surface area contributed by atoms with E-state index in [-0.39, 0.29) is 0 Å². The number of H-pyrrole nitrogens is 1. The first kappa shape index (κ1) is 8.46. The Morgan fingerprint density at radius 1 is 1.73 bits per heavy atom. The van der Waals surface area contributed by atoms with Gasteiger partial charge in [-0.05, 0) is 29.8 Å². The molecule has 0 amide bonds. The molecule has 0 aliphatic rings. The molecule has 11 heavy (non-hydrogen) atoms. The van der Waals surface area contributed by atoms with Crippen molar-refractivity contribution < 1.29 is 4.79 Å². The fourth-order valence-electron chi connectivity index (χ4n) is 0.782. The summed E-state index contributed by atoms with van der Waals surface area (Å²) in [6.45, 7) is 3.66. The number of rotatable bonds is 2. The van der Waals surface area contributed by atoms with Crippen LogP contribution in [0.25, 0.3) is 0 Å². The van der Waals surface area contributed by atoms with Crippen molar-refractivity contribution in [1.82, 2.24) is 10.2 Å². The molecule has 0 atom stereocenters. The zero-order valence-corrected chi connectivity index (χ0v) is 7.97. The average molecular weight is 217 g/mol. The molecule has 0 saturated carbocycles. The molecule has 0 bridgehead atoms. The highest BCUT2D eigenvalue weighted by Gasteiger charge is 2.23. The number of nitrogens with zero attached hydrogens (tertiary/aromatic N) is 1. The number of aldehydes is 1. The fourth-order valence-corrected chi connectivity index (χ4v) is 1.48. The summed E-state index contributed by atoms with van der Waals surface area (Å²) in [5.74, 6) is 0. The topological polar surface area (TPSA) is 45.8 Å². The predicted molar refractivity (Wildman–Crippen MR) is 45.4 cm³/mol. The van der Waals surface area contributed by atoms with Gasteiger partial charge in [0.1, 0.15) is 6.29 Å². The second-order valence-electron chi connectivity index (χ2n) is 2.93. The molecule has 0 saturated heterocycles. The van der Waals surface area contributed by atoms with Gasteiger partial charge in [-0.1, -0.05) is 0 Å². The monoisotopic (exact) mass is 216 g/mol. The molecule has 0 unspecified atom stereocenters. The average Bonchev–Trinajstić information content (AvgIpc) is 2.36. The van der Waals surface area contributed by atoms with Crippen molar-refractivity contribution in [1.29, 1.82) is 0 Å². The molecule has 0 fully saturated rings. The van der Waals surface area contributed by atoms with E-state index in [2.05, 4.69) is 26.1 Å². The predicted octanol–water partition coefficient (Wildman–Crippen LogP) is 1.65. The van der Waals surface area contributed by atoms with Crippen LogP contribution in [-0.2, 0) is 10.2 Å². The molecule has 0 spiro atoms. The maximum absolute atomic E-state index is 10.6. The number of hydrogen-bond acceptors (Lipinski definition) is 2. The number of carbonyl (C=O) groups excluding carboxylic acids is 1. The third-order valence-electron chi connectivity index (χ3n) is 1.53. The molecule has 60 valence electrons. The molecule has 1 rings (SSSR count). The van der Waals surface area contributed by atoms with Crippen molar-refractivity contribution in [2.45, 2.75) is 19.3 Å². The van der Waals surface area contributed by atoms with Crippen LogP contribution in [0.15, 0.2) is 10.7 Å². The number of aromatic amines is 1. The van der Waals surface area contributed by atoms with E-state index < -0.39 is 5.41 Å². The first-order valence-corrected chi connectivity index (χ1v) is 4.03. The lowest BCUT2D eigenvalue weighted by Gasteiger charge is -2.14. The lowest BCUT2D eigenvalue weighted by molar-refractivity contribution is -0.111. The van der Waals surface area contributed by atoms with E-state index in [1.54, 1.807) is 6.20 Å². The van der Waals surface area contributed by atoms with E-state index in [0.29, 0.717) is 0 Å². The van der Waals surface area contributed by atoms with Crippen LogP contribution in [0, 0.1) is 0 Å². The Hall–Kier alpha value is -0.640. The molecule has 0 aromatic carbocycles. The number of carbonyl (C=O) groups is 1. The van der Waals surface area contributed by atoms with Crippen molar-refractivity contribution >= 4 is 22.2 Å². The molecule has 1 heterocycles. The van der Waals surface area contributed by atoms with Crippen molar-refractivity contribution in [3.05, 3.63) is 16.4 Å². The summed E-state index contributed by atoms with van der Waals surface area (Å²) in [6.07, 6.45) is 2.53. The van der Waals surface area contributed by atoms with Gasteiger partial charge in [0.2, 0.25) is 0 Å². The summed E-state index contributed by atoms with van der Waals surface area (Å²) in [5.41, 5.74) is 0.322. The highest BCUT2D eigenvalue weighted by Crippen LogP contribution is 2.25. The van der Waals surface area contributed by atoms with E-state index in [1.165, 1.54) is 0 Å². The fraction of sp³-hybridized carbons (Fsp3) is 0.429. The summed E-state index contributed by atoms with van der Waals surface area (Å²) in [5, 5.41) is 6.57. The van der Waals surface area contributed by atoms with Crippen LogP contribution in [0.5, 0.6) is 0 Å². The Bertz CT molecular complexity index is 267. The van der Waals surface area contributed by atoms with Crippen molar-refractivity contribution in [2.24, 2.45) is 0 Å². The summed E-state index contributed by atoms with van der Waals surface area (Å²) in [6, 6.07) is 0. The lowest BCUT2D eigenvalue weighted by atomic mass is 9.92. The van der Waals surface area contributed by atoms with Crippen LogP contribution in [0.3, 0.4) is 0 Å². The number of aromatic nitrogens is 2. The third-order valence-corrected chi connectivity index (χ3v) is 2.13. The molecule has 0 radical (unpaired) electrons. The Morgan fingerprint density at radius 2 is 2.36 bits per heavy atom. The van der Waals surface area contributed by atoms with E-state index in [9.17, 15) is 4.79 Å². The number of nitrogens with one attached hydrogen (secondary N) is 1. The standard InChI is InChI=1S/C7H9BrN2O/c1-7(2,4-11)6-5(8)3-9-10-6/h3-4H,1-2H3,(H,9,10). The number of hydrogen-bond donors (Lipinski definition) is 1. The first-order chi connectivity index (χ1) is 5.08. The molecule has 1 aromatic heterocycles. The van der Waals surface area contributed by atoms with Crippen LogP contribution in [0.2, 0.25) is 0 Å². The molecule has 1 N–H and O–H groups in total. The smallest absolute Gasteiger partial charge is 0.131 e. The summed E-state index contributed by atoms with van der Waals surface area (Å²) >= 11 is 3.29. The highest BCUT2D eigenvalue weighted by atomic mass is 79.9. The van der Waals surface area contributed by atoms with Crippen molar-refractivity contribution in [2.75, 3.05) is 0 Å². The largest absolute Gasteiger partial charge is 0.302 e. The minimum atomic E-state index is -0.491. The van der Waals surface area contributed by atoms with Gasteiger partial charge in [-0.15, -0.1) is 0 Å². The minimum absolute atomic E-state index is 0.491. The normalized spacial score (nSPS) is 11.5. The molecular formula is C7H9BrN2O. The van der Waals surface area contributed by atoms with Gasteiger partial charge >= 0.3 is 0 Å². The van der Waals surface area contributed by atoms with Gasteiger partial charge in [0.25, 0.3) is 0 Å². The Kier molecular flexibility index (Phi) is 2.13. The number of halogens is 1. The van der Waals surface area contributed by atoms with Gasteiger partial charge < -0.3 is 4.79 Å². The van der Waals surface area contributed by atoms with Crippen LogP contribution in [-0.4, -0.2) is 16.5 Å². The second kappa shape index (κ2) is 2.77. The second-order valence-corrected chi connectivity index (χ2v) is 3.79. The SMILES string of the molecule is CC(C)(C=O)c1[nH]ncc1Br. The van der Waals surface area contributed by atoms with Gasteiger partial charge in [0.05, 0.1) is 21.8 Å². The van der Waals surface area contributed by atoms with Crippen LogP contribution >= 0.6 is 15.9 Å². The lowest BCUT2D eigenvalue weighted by Crippen LogP contribution is -2.19. The van der Waals surface area contributed by atoms with E-state index in [1.807, 2.05) is 13.8 Å². The van der Waals surface area contributed by atoms with Gasteiger partial charge in [-0.3, -0.25) is 5.10 Å². The molecular weight excluding hydrogens is 208 g/mol. The van der Waals surface area contributed by atoms with E-state index in [0.717, 1.165) is 16.5 Å². The zero-order chi connectivity index (χ0) is 8.48. The highest BCUT2D eigenvalue weighted by molar-refractivity contribution is 9.10. The molecule has 0 aliphatic heterocycles. The maximum atomic E-state index is 10.6. The van der Waals surface area contributed by atoms with Crippen LogP contribution in [0.1, 0.15) is 19.5 Å². The summed E-state index contributed by atoms with van der Waals surface area (Å²) < 4.78 is 0.842. The Morgan fingerprint density at radius 3 is 2.73 bits per heavy atom. The molecule has 3 nitrogen and oxygen atoms in total. The van der Waals surface area contributed by atoms with Crippen molar-refractivity contribution in [3.63, 3.8) is 0 Å². The van der Waals surface area contributed by atoms with Crippen LogP contribution in [0.4, 0.5) is 0 Å². The first-order valence-electron chi connectivity index (χ1n) is 3.23. The molecule has 1 aromatic rings. The van der Waals surface area contributed by atoms with Gasteiger partial charge in [-0.2, -0.15) is 5.10 Å². The van der Waals surface area contributed by atoms with Crippen molar-refractivity contribution in [3.8, 4) is 0 Å². The summed E-state index contributed by atoms with van der Waals surface area (Å²) in [4.78, 5) is 10.6. The van der Waals surface area contributed by atoms with Gasteiger partial charge in [-0.25, -0.2) is 0 Å². The molecule has 4 heteroatoms. The maximum Gasteiger partial charge on any atom is 0.131 e. The van der Waals surface area contributed by atoms with Gasteiger partial charge in [0, 0.05) is 0 Å². The quantitative estimate of drug-likeness (QED) is 0.765. The van der Waals surface area contributed by atoms with E-state index >= 15 is 0 Å².